The first-order valence-corrected chi connectivity index (χ1v) is 6.97. The van der Waals surface area contributed by atoms with Crippen LogP contribution in [0.3, 0.4) is 0 Å². The molecular weight excluding hydrogens is 286 g/mol. The molecule has 0 amide bonds. The summed E-state index contributed by atoms with van der Waals surface area (Å²) in [6.07, 6.45) is 4.85. The van der Waals surface area contributed by atoms with Gasteiger partial charge in [0.25, 0.3) is 0 Å². The Hall–Kier alpha value is -2.54. The second kappa shape index (κ2) is 5.69. The Balaban J connectivity index is 0.000000209. The van der Waals surface area contributed by atoms with Crippen LogP contribution in [0.5, 0.6) is 0 Å². The van der Waals surface area contributed by atoms with E-state index in [9.17, 15) is 0 Å². The van der Waals surface area contributed by atoms with Gasteiger partial charge in [0.1, 0.15) is 0 Å². The molecule has 2 aromatic rings. The van der Waals surface area contributed by atoms with Gasteiger partial charge in [-0.05, 0) is 41.5 Å². The summed E-state index contributed by atoms with van der Waals surface area (Å²) in [6, 6.07) is 4.49. The SMILES string of the molecule is O=C(O)C(=O)O.c1cnc2cc3c(cc2n1)[C@@H]1CNC[C@H]3C1. The molecular formula is C15H15N3O4. The first kappa shape index (κ1) is 14.4. The zero-order valence-corrected chi connectivity index (χ0v) is 11.7. The maximum absolute atomic E-state index is 9.10. The molecule has 4 rings (SSSR count). The van der Waals surface area contributed by atoms with Crippen LogP contribution in [-0.2, 0) is 9.59 Å². The lowest BCUT2D eigenvalue weighted by atomic mass is 9.98. The molecule has 0 saturated carbocycles. The van der Waals surface area contributed by atoms with E-state index in [1.807, 2.05) is 0 Å². The summed E-state index contributed by atoms with van der Waals surface area (Å²) in [7, 11) is 0. The molecule has 7 heteroatoms. The molecule has 1 aromatic carbocycles. The summed E-state index contributed by atoms with van der Waals surface area (Å²) >= 11 is 0. The van der Waals surface area contributed by atoms with E-state index >= 15 is 0 Å². The largest absolute Gasteiger partial charge is 0.473 e. The quantitative estimate of drug-likeness (QED) is 0.621. The molecule has 2 atom stereocenters. The Labute approximate surface area is 126 Å². The monoisotopic (exact) mass is 301 g/mol. The van der Waals surface area contributed by atoms with Crippen LogP contribution < -0.4 is 5.32 Å². The Kier molecular flexibility index (Phi) is 3.72. The smallest absolute Gasteiger partial charge is 0.414 e. The van der Waals surface area contributed by atoms with Crippen molar-refractivity contribution in [2.24, 2.45) is 0 Å². The van der Waals surface area contributed by atoms with Crippen LogP contribution in [0.4, 0.5) is 0 Å². The number of nitrogens with zero attached hydrogens (tertiary/aromatic N) is 2. The average Bonchev–Trinajstić information content (AvgIpc) is 2.76. The molecule has 0 spiro atoms. The number of piperidine rings is 1. The van der Waals surface area contributed by atoms with Gasteiger partial charge in [-0.15, -0.1) is 0 Å². The molecule has 0 unspecified atom stereocenters. The van der Waals surface area contributed by atoms with E-state index < -0.39 is 11.9 Å². The lowest BCUT2D eigenvalue weighted by Gasteiger charge is -2.19. The number of carbonyl (C=O) groups is 2. The summed E-state index contributed by atoms with van der Waals surface area (Å²) in [4.78, 5) is 27.0. The Bertz CT molecular complexity index is 686. The highest BCUT2D eigenvalue weighted by Gasteiger charge is 2.34. The van der Waals surface area contributed by atoms with Crippen molar-refractivity contribution in [1.82, 2.24) is 15.3 Å². The summed E-state index contributed by atoms with van der Waals surface area (Å²) in [6.45, 7) is 2.24. The zero-order chi connectivity index (χ0) is 15.7. The molecule has 2 heterocycles. The number of aromatic nitrogens is 2. The van der Waals surface area contributed by atoms with Crippen molar-refractivity contribution in [3.05, 3.63) is 35.7 Å². The van der Waals surface area contributed by atoms with Gasteiger partial charge in [-0.25, -0.2) is 9.59 Å². The molecule has 2 aliphatic rings. The standard InChI is InChI=1S/C13H13N3.C2H2O4/c1-2-16-13-5-11-9-3-8(6-14-7-9)10(11)4-12(13)15-1;3-1(4)2(5)6/h1-2,4-5,8-9,14H,3,6-7H2;(H,3,4)(H,5,6)/t8-,9+;. The van der Waals surface area contributed by atoms with Gasteiger partial charge < -0.3 is 15.5 Å². The predicted molar refractivity (Wildman–Crippen MR) is 77.8 cm³/mol. The van der Waals surface area contributed by atoms with Crippen molar-refractivity contribution in [1.29, 1.82) is 0 Å². The number of fused-ring (bicyclic) bond motifs is 6. The summed E-state index contributed by atoms with van der Waals surface area (Å²) in [5.74, 6) is -2.26. The van der Waals surface area contributed by atoms with Crippen LogP contribution in [-0.4, -0.2) is 45.2 Å². The average molecular weight is 301 g/mol. The second-order valence-corrected chi connectivity index (χ2v) is 5.42. The molecule has 22 heavy (non-hydrogen) atoms. The van der Waals surface area contributed by atoms with Gasteiger partial charge in [0.2, 0.25) is 0 Å². The number of hydrogen-bond acceptors (Lipinski definition) is 5. The van der Waals surface area contributed by atoms with E-state index in [1.165, 1.54) is 17.5 Å². The lowest BCUT2D eigenvalue weighted by Crippen LogP contribution is -2.28. The number of nitrogens with one attached hydrogen (secondary N) is 1. The third kappa shape index (κ3) is 2.62. The highest BCUT2D eigenvalue weighted by Crippen LogP contribution is 2.44. The topological polar surface area (TPSA) is 112 Å². The third-order valence-electron chi connectivity index (χ3n) is 4.09. The summed E-state index contributed by atoms with van der Waals surface area (Å²) in [5.41, 5.74) is 5.08. The second-order valence-electron chi connectivity index (χ2n) is 5.42. The molecule has 1 fully saturated rings. The first-order valence-electron chi connectivity index (χ1n) is 6.97. The molecule has 1 saturated heterocycles. The van der Waals surface area contributed by atoms with Crippen LogP contribution in [0.2, 0.25) is 0 Å². The van der Waals surface area contributed by atoms with Gasteiger partial charge in [0, 0.05) is 25.5 Å². The molecule has 114 valence electrons. The Morgan fingerprint density at radius 2 is 1.41 bits per heavy atom. The normalized spacial score (nSPS) is 21.6. The predicted octanol–water partition coefficient (Wildman–Crippen LogP) is 0.959. The van der Waals surface area contributed by atoms with Crippen LogP contribution >= 0.6 is 0 Å². The molecule has 2 bridgehead atoms. The highest BCUT2D eigenvalue weighted by atomic mass is 16.4. The number of carboxylic acids is 2. The van der Waals surface area contributed by atoms with Crippen LogP contribution in [0.25, 0.3) is 11.0 Å². The minimum atomic E-state index is -1.82. The summed E-state index contributed by atoms with van der Waals surface area (Å²) in [5, 5.41) is 18.3. The van der Waals surface area contributed by atoms with Crippen molar-refractivity contribution < 1.29 is 19.8 Å². The Morgan fingerprint density at radius 3 is 1.82 bits per heavy atom. The zero-order valence-electron chi connectivity index (χ0n) is 11.7. The van der Waals surface area contributed by atoms with Gasteiger partial charge in [0.05, 0.1) is 11.0 Å². The molecule has 0 radical (unpaired) electrons. The van der Waals surface area contributed by atoms with Crippen LogP contribution in [0, 0.1) is 0 Å². The highest BCUT2D eigenvalue weighted by molar-refractivity contribution is 6.27. The number of aliphatic carboxylic acids is 2. The van der Waals surface area contributed by atoms with E-state index in [-0.39, 0.29) is 0 Å². The maximum atomic E-state index is 9.10. The third-order valence-corrected chi connectivity index (χ3v) is 4.09. The molecule has 3 N–H and O–H groups in total. The van der Waals surface area contributed by atoms with Crippen molar-refractivity contribution in [3.8, 4) is 0 Å². The number of carboxylic acid groups (broad SMARTS) is 2. The van der Waals surface area contributed by atoms with Crippen molar-refractivity contribution in [2.45, 2.75) is 18.3 Å². The fourth-order valence-corrected chi connectivity index (χ4v) is 3.17. The fourth-order valence-electron chi connectivity index (χ4n) is 3.17. The van der Waals surface area contributed by atoms with E-state index in [4.69, 9.17) is 19.8 Å². The van der Waals surface area contributed by atoms with Crippen molar-refractivity contribution in [2.75, 3.05) is 13.1 Å². The number of rotatable bonds is 0. The number of benzene rings is 1. The summed E-state index contributed by atoms with van der Waals surface area (Å²) < 4.78 is 0. The van der Waals surface area contributed by atoms with Crippen molar-refractivity contribution >= 4 is 23.0 Å². The van der Waals surface area contributed by atoms with E-state index in [0.29, 0.717) is 11.8 Å². The molecule has 1 aliphatic heterocycles. The fraction of sp³-hybridized carbons (Fsp3) is 0.333. The molecule has 1 aliphatic carbocycles. The van der Waals surface area contributed by atoms with Crippen molar-refractivity contribution in [3.63, 3.8) is 0 Å². The van der Waals surface area contributed by atoms with E-state index in [0.717, 1.165) is 24.1 Å². The van der Waals surface area contributed by atoms with E-state index in [2.05, 4.69) is 27.4 Å². The number of hydrogen-bond donors (Lipinski definition) is 3. The minimum Gasteiger partial charge on any atom is -0.473 e. The van der Waals surface area contributed by atoms with Crippen LogP contribution in [0.1, 0.15) is 29.4 Å². The van der Waals surface area contributed by atoms with E-state index in [1.54, 1.807) is 12.4 Å². The van der Waals surface area contributed by atoms with Gasteiger partial charge in [-0.2, -0.15) is 0 Å². The minimum absolute atomic E-state index is 0.695. The van der Waals surface area contributed by atoms with Gasteiger partial charge >= 0.3 is 11.9 Å². The Morgan fingerprint density at radius 1 is 0.955 bits per heavy atom. The molecule has 1 aromatic heterocycles. The maximum Gasteiger partial charge on any atom is 0.414 e. The van der Waals surface area contributed by atoms with Gasteiger partial charge in [-0.1, -0.05) is 0 Å². The first-order chi connectivity index (χ1) is 10.6. The van der Waals surface area contributed by atoms with Crippen LogP contribution in [0.15, 0.2) is 24.5 Å². The molecule has 7 nitrogen and oxygen atoms in total. The lowest BCUT2D eigenvalue weighted by molar-refractivity contribution is -0.159. The van der Waals surface area contributed by atoms with Gasteiger partial charge in [-0.3, -0.25) is 9.97 Å². The van der Waals surface area contributed by atoms with Gasteiger partial charge in [0.15, 0.2) is 0 Å².